The molecule has 1 atom stereocenters. The largest absolute Gasteiger partial charge is 0.507 e. The van der Waals surface area contributed by atoms with Crippen molar-refractivity contribution >= 4 is 46.1 Å². The van der Waals surface area contributed by atoms with Crippen molar-refractivity contribution in [1.82, 2.24) is 0 Å². The summed E-state index contributed by atoms with van der Waals surface area (Å²) in [4.78, 5) is 28.2. The van der Waals surface area contributed by atoms with Gasteiger partial charge in [-0.2, -0.15) is 0 Å². The first-order valence-corrected chi connectivity index (χ1v) is 10.6. The molecule has 3 aromatic rings. The second-order valence-electron chi connectivity index (χ2n) is 6.59. The molecule has 7 heteroatoms. The molecular weight excluding hydrogens is 422 g/mol. The average molecular weight is 440 g/mol. The van der Waals surface area contributed by atoms with Crippen LogP contribution in [0.5, 0.6) is 5.75 Å². The summed E-state index contributed by atoms with van der Waals surface area (Å²) >= 11 is 7.73. The fraction of sp³-hybridized carbons (Fsp3) is 0.130. The Kier molecular flexibility index (Phi) is 5.61. The second kappa shape index (κ2) is 8.34. The first-order valence-electron chi connectivity index (χ1n) is 9.35. The minimum absolute atomic E-state index is 0.00171. The summed E-state index contributed by atoms with van der Waals surface area (Å²) in [6.45, 7) is 2.28. The molecule has 0 radical (unpaired) electrons. The first kappa shape index (κ1) is 20.2. The van der Waals surface area contributed by atoms with Crippen LogP contribution in [-0.2, 0) is 9.59 Å². The number of carbonyl (C=O) groups is 2. The van der Waals surface area contributed by atoms with Gasteiger partial charge in [-0.3, -0.25) is 14.5 Å². The number of aliphatic hydroxyl groups excluding tert-OH is 1. The van der Waals surface area contributed by atoms with Crippen molar-refractivity contribution in [3.8, 4) is 5.75 Å². The summed E-state index contributed by atoms with van der Waals surface area (Å²) in [6, 6.07) is 16.7. The predicted octanol–water partition coefficient (Wildman–Crippen LogP) is 5.43. The normalized spacial score (nSPS) is 18.1. The van der Waals surface area contributed by atoms with Crippen LogP contribution in [0.25, 0.3) is 5.76 Å². The van der Waals surface area contributed by atoms with E-state index >= 15 is 0 Å². The van der Waals surface area contributed by atoms with Crippen molar-refractivity contribution < 1.29 is 19.4 Å². The molecule has 5 nitrogen and oxygen atoms in total. The van der Waals surface area contributed by atoms with Gasteiger partial charge in [0.05, 0.1) is 17.2 Å². The van der Waals surface area contributed by atoms with E-state index in [2.05, 4.69) is 0 Å². The number of thiophene rings is 1. The SMILES string of the molecule is CCOc1ccc(Cl)c(/C(O)=C2/C(=O)C(=O)N(c3ccccc3)C2c2cccs2)c1. The number of amides is 1. The molecule has 2 heterocycles. The van der Waals surface area contributed by atoms with E-state index in [9.17, 15) is 14.7 Å². The number of nitrogens with zero attached hydrogens (tertiary/aromatic N) is 1. The van der Waals surface area contributed by atoms with E-state index in [-0.39, 0.29) is 21.9 Å². The zero-order valence-corrected chi connectivity index (χ0v) is 17.6. The smallest absolute Gasteiger partial charge is 0.300 e. The summed E-state index contributed by atoms with van der Waals surface area (Å²) < 4.78 is 5.50. The summed E-state index contributed by atoms with van der Waals surface area (Å²) in [5.74, 6) is -1.27. The number of carbonyl (C=O) groups excluding carboxylic acids is 2. The van der Waals surface area contributed by atoms with Crippen LogP contribution in [0, 0.1) is 0 Å². The molecule has 1 amide bonds. The summed E-state index contributed by atoms with van der Waals surface area (Å²) in [5.41, 5.74) is 0.822. The van der Waals surface area contributed by atoms with Crippen LogP contribution >= 0.6 is 22.9 Å². The highest BCUT2D eigenvalue weighted by molar-refractivity contribution is 7.10. The Balaban J connectivity index is 1.92. The molecule has 0 spiro atoms. The molecule has 1 aromatic heterocycles. The highest BCUT2D eigenvalue weighted by Crippen LogP contribution is 2.44. The lowest BCUT2D eigenvalue weighted by Crippen LogP contribution is -2.29. The van der Waals surface area contributed by atoms with Gasteiger partial charge in [-0.25, -0.2) is 0 Å². The van der Waals surface area contributed by atoms with Gasteiger partial charge in [0.25, 0.3) is 11.7 Å². The third-order valence-electron chi connectivity index (χ3n) is 4.80. The summed E-state index contributed by atoms with van der Waals surface area (Å²) in [5, 5.41) is 13.3. The molecule has 1 unspecified atom stereocenters. The molecule has 1 aliphatic heterocycles. The van der Waals surface area contributed by atoms with E-state index < -0.39 is 17.7 Å². The number of hydrogen-bond acceptors (Lipinski definition) is 5. The van der Waals surface area contributed by atoms with Gasteiger partial charge in [-0.15, -0.1) is 11.3 Å². The number of hydrogen-bond donors (Lipinski definition) is 1. The van der Waals surface area contributed by atoms with Crippen molar-refractivity contribution in [2.45, 2.75) is 13.0 Å². The molecule has 1 aliphatic rings. The molecule has 2 aromatic carbocycles. The fourth-order valence-corrected chi connectivity index (χ4v) is 4.52. The quantitative estimate of drug-likeness (QED) is 0.327. The van der Waals surface area contributed by atoms with Gasteiger partial charge >= 0.3 is 0 Å². The molecule has 1 saturated heterocycles. The van der Waals surface area contributed by atoms with E-state index in [0.29, 0.717) is 18.0 Å². The zero-order valence-electron chi connectivity index (χ0n) is 16.0. The van der Waals surface area contributed by atoms with E-state index in [1.54, 1.807) is 42.5 Å². The lowest BCUT2D eigenvalue weighted by molar-refractivity contribution is -0.132. The van der Waals surface area contributed by atoms with Gasteiger partial charge in [0, 0.05) is 16.1 Å². The average Bonchev–Trinajstić information content (AvgIpc) is 3.37. The number of ether oxygens (including phenoxy) is 1. The Labute approximate surface area is 182 Å². The van der Waals surface area contributed by atoms with Crippen molar-refractivity contribution in [2.75, 3.05) is 11.5 Å². The van der Waals surface area contributed by atoms with Crippen LogP contribution in [0.4, 0.5) is 5.69 Å². The maximum atomic E-state index is 13.1. The molecule has 30 heavy (non-hydrogen) atoms. The van der Waals surface area contributed by atoms with Crippen molar-refractivity contribution in [1.29, 1.82) is 0 Å². The lowest BCUT2D eigenvalue weighted by Gasteiger charge is -2.24. The monoisotopic (exact) mass is 439 g/mol. The minimum atomic E-state index is -0.757. The van der Waals surface area contributed by atoms with Crippen LogP contribution in [0.15, 0.2) is 71.6 Å². The van der Waals surface area contributed by atoms with Crippen LogP contribution in [0.2, 0.25) is 5.02 Å². The Morgan fingerprint density at radius 3 is 2.57 bits per heavy atom. The van der Waals surface area contributed by atoms with Gasteiger partial charge in [0.2, 0.25) is 0 Å². The van der Waals surface area contributed by atoms with Crippen LogP contribution in [0.1, 0.15) is 23.4 Å². The topological polar surface area (TPSA) is 66.8 Å². The standard InChI is InChI=1S/C23H18ClNO4S/c1-2-29-15-10-11-17(24)16(13-15)21(26)19-20(18-9-6-12-30-18)25(23(28)22(19)27)14-7-4-3-5-8-14/h3-13,20,26H,2H2,1H3/b21-19-. The Bertz CT molecular complexity index is 1130. The van der Waals surface area contributed by atoms with Gasteiger partial charge < -0.3 is 9.84 Å². The number of rotatable bonds is 5. The van der Waals surface area contributed by atoms with Gasteiger partial charge in [0.15, 0.2) is 0 Å². The number of benzene rings is 2. The molecular formula is C23H18ClNO4S. The van der Waals surface area contributed by atoms with E-state index in [4.69, 9.17) is 16.3 Å². The van der Waals surface area contributed by atoms with Crippen molar-refractivity contribution in [2.24, 2.45) is 0 Å². The maximum Gasteiger partial charge on any atom is 0.300 e. The number of ketones is 1. The number of halogens is 1. The fourth-order valence-electron chi connectivity index (χ4n) is 3.49. The molecule has 1 N–H and O–H groups in total. The van der Waals surface area contributed by atoms with Crippen molar-refractivity contribution in [3.05, 3.63) is 87.1 Å². The van der Waals surface area contributed by atoms with Crippen molar-refractivity contribution in [3.63, 3.8) is 0 Å². The van der Waals surface area contributed by atoms with E-state index in [0.717, 1.165) is 4.88 Å². The lowest BCUT2D eigenvalue weighted by atomic mass is 9.99. The Hall–Kier alpha value is -3.09. The third kappa shape index (κ3) is 3.49. The minimum Gasteiger partial charge on any atom is -0.507 e. The Morgan fingerprint density at radius 1 is 1.13 bits per heavy atom. The predicted molar refractivity (Wildman–Crippen MR) is 118 cm³/mol. The molecule has 0 aliphatic carbocycles. The molecule has 0 bridgehead atoms. The Morgan fingerprint density at radius 2 is 1.90 bits per heavy atom. The molecule has 0 saturated carbocycles. The van der Waals surface area contributed by atoms with E-state index in [1.165, 1.54) is 16.2 Å². The third-order valence-corrected chi connectivity index (χ3v) is 6.05. The van der Waals surface area contributed by atoms with Gasteiger partial charge in [-0.1, -0.05) is 35.9 Å². The zero-order chi connectivity index (χ0) is 21.3. The number of para-hydroxylation sites is 1. The van der Waals surface area contributed by atoms with Gasteiger partial charge in [-0.05, 0) is 48.7 Å². The molecule has 152 valence electrons. The highest BCUT2D eigenvalue weighted by atomic mass is 35.5. The molecule has 4 rings (SSSR count). The summed E-state index contributed by atoms with van der Waals surface area (Å²) in [7, 11) is 0. The maximum absolute atomic E-state index is 13.1. The van der Waals surface area contributed by atoms with Crippen LogP contribution in [-0.4, -0.2) is 23.4 Å². The number of aliphatic hydroxyl groups is 1. The van der Waals surface area contributed by atoms with Gasteiger partial charge in [0.1, 0.15) is 17.6 Å². The molecule has 1 fully saturated rings. The van der Waals surface area contributed by atoms with E-state index in [1.807, 2.05) is 30.5 Å². The number of anilines is 1. The highest BCUT2D eigenvalue weighted by Gasteiger charge is 2.47. The summed E-state index contributed by atoms with van der Waals surface area (Å²) in [6.07, 6.45) is 0. The van der Waals surface area contributed by atoms with Crippen LogP contribution < -0.4 is 9.64 Å². The van der Waals surface area contributed by atoms with Crippen LogP contribution in [0.3, 0.4) is 0 Å². The number of Topliss-reactive ketones (excluding diaryl/α,β-unsaturated/α-hetero) is 1. The first-order chi connectivity index (χ1) is 14.5. The second-order valence-corrected chi connectivity index (χ2v) is 7.98.